The van der Waals surface area contributed by atoms with Crippen molar-refractivity contribution < 1.29 is 23.9 Å². The first-order valence-corrected chi connectivity index (χ1v) is 11.5. The predicted molar refractivity (Wildman–Crippen MR) is 136 cm³/mol. The van der Waals surface area contributed by atoms with Gasteiger partial charge in [-0.25, -0.2) is 4.68 Å². The van der Waals surface area contributed by atoms with Crippen molar-refractivity contribution in [3.8, 4) is 28.8 Å². The fourth-order valence-electron chi connectivity index (χ4n) is 3.45. The molecule has 1 N–H and O–H groups in total. The van der Waals surface area contributed by atoms with Crippen molar-refractivity contribution in [1.82, 2.24) is 14.8 Å². The smallest absolute Gasteiger partial charge is 0.336 e. The van der Waals surface area contributed by atoms with Gasteiger partial charge >= 0.3 is 6.01 Å². The molecule has 37 heavy (non-hydrogen) atoms. The molecule has 11 nitrogen and oxygen atoms in total. The lowest BCUT2D eigenvalue weighted by Gasteiger charge is -2.09. The number of nitrogens with zero attached hydrogens (tertiary/aromatic N) is 4. The van der Waals surface area contributed by atoms with Gasteiger partial charge in [-0.15, -0.1) is 5.10 Å². The van der Waals surface area contributed by atoms with E-state index in [9.17, 15) is 14.9 Å². The number of ether oxygens (including phenoxy) is 3. The van der Waals surface area contributed by atoms with Gasteiger partial charge in [0.05, 0.1) is 24.3 Å². The van der Waals surface area contributed by atoms with Gasteiger partial charge in [0.2, 0.25) is 0 Å². The van der Waals surface area contributed by atoms with Gasteiger partial charge in [0.1, 0.15) is 12.4 Å². The maximum absolute atomic E-state index is 12.6. The largest absolute Gasteiger partial charge is 0.497 e. The zero-order chi connectivity index (χ0) is 26.2. The Labute approximate surface area is 212 Å². The number of hydrogen-bond acceptors (Lipinski definition) is 8. The van der Waals surface area contributed by atoms with Crippen LogP contribution in [0.15, 0.2) is 72.8 Å². The first kappa shape index (κ1) is 25.3. The molecule has 4 aromatic rings. The maximum Gasteiger partial charge on any atom is 0.336 e. The van der Waals surface area contributed by atoms with E-state index in [0.717, 1.165) is 5.56 Å². The van der Waals surface area contributed by atoms with Crippen LogP contribution in [0.3, 0.4) is 0 Å². The average Bonchev–Trinajstić information content (AvgIpc) is 3.36. The van der Waals surface area contributed by atoms with Gasteiger partial charge in [-0.1, -0.05) is 6.07 Å². The second kappa shape index (κ2) is 11.8. The van der Waals surface area contributed by atoms with Crippen molar-refractivity contribution in [2.45, 2.75) is 6.92 Å². The molecular formula is C26H25N5O6. The van der Waals surface area contributed by atoms with E-state index in [4.69, 9.17) is 14.2 Å². The predicted octanol–water partition coefficient (Wildman–Crippen LogP) is 4.52. The van der Waals surface area contributed by atoms with E-state index in [1.54, 1.807) is 36.1 Å². The third kappa shape index (κ3) is 6.27. The van der Waals surface area contributed by atoms with E-state index in [2.05, 4.69) is 15.4 Å². The van der Waals surface area contributed by atoms with Crippen molar-refractivity contribution in [2.75, 3.05) is 32.2 Å². The molecule has 1 heterocycles. The Balaban J connectivity index is 1.57. The summed E-state index contributed by atoms with van der Waals surface area (Å²) in [5.74, 6) is 0.815. The summed E-state index contributed by atoms with van der Waals surface area (Å²) in [5.41, 5.74) is 2.03. The van der Waals surface area contributed by atoms with Crippen LogP contribution < -0.4 is 14.8 Å². The van der Waals surface area contributed by atoms with Crippen molar-refractivity contribution in [3.63, 3.8) is 0 Å². The second-order valence-corrected chi connectivity index (χ2v) is 7.71. The number of rotatable bonds is 11. The lowest BCUT2D eigenvalue weighted by atomic mass is 10.2. The molecule has 0 bridgehead atoms. The summed E-state index contributed by atoms with van der Waals surface area (Å²) in [7, 11) is 1.60. The maximum atomic E-state index is 12.6. The summed E-state index contributed by atoms with van der Waals surface area (Å²) in [6.07, 6.45) is 0. The van der Waals surface area contributed by atoms with Crippen molar-refractivity contribution in [3.05, 3.63) is 88.5 Å². The summed E-state index contributed by atoms with van der Waals surface area (Å²) in [4.78, 5) is 27.6. The standard InChI is InChI=1S/C26H25N5O6/c1-3-36-15-16-37-26-28-24(18-7-13-23(35-2)14-8-18)30(29-26)21-11-9-20(10-12-21)27-25(32)19-5-4-6-22(17-19)31(33)34/h4-14,17H,3,15-16H2,1-2H3,(H,27,32). The van der Waals surface area contributed by atoms with Crippen molar-refractivity contribution in [2.24, 2.45) is 0 Å². The van der Waals surface area contributed by atoms with Crippen LogP contribution >= 0.6 is 0 Å². The molecule has 0 atom stereocenters. The summed E-state index contributed by atoms with van der Waals surface area (Å²) < 4.78 is 17.9. The number of nitro groups is 1. The molecule has 0 saturated carbocycles. The van der Waals surface area contributed by atoms with Crippen LogP contribution in [0, 0.1) is 10.1 Å². The Bertz CT molecular complexity index is 1370. The van der Waals surface area contributed by atoms with E-state index in [0.29, 0.717) is 42.8 Å². The Hall–Kier alpha value is -4.77. The van der Waals surface area contributed by atoms with Crippen LogP contribution in [0.25, 0.3) is 17.1 Å². The number of benzene rings is 3. The first-order valence-electron chi connectivity index (χ1n) is 11.5. The molecule has 11 heteroatoms. The van der Waals surface area contributed by atoms with Gasteiger partial charge in [-0.3, -0.25) is 14.9 Å². The van der Waals surface area contributed by atoms with Crippen LogP contribution in [0.1, 0.15) is 17.3 Å². The Morgan fingerprint density at radius 2 is 1.81 bits per heavy atom. The average molecular weight is 504 g/mol. The zero-order valence-electron chi connectivity index (χ0n) is 20.3. The summed E-state index contributed by atoms with van der Waals surface area (Å²) in [6, 6.07) is 20.1. The Morgan fingerprint density at radius 1 is 1.05 bits per heavy atom. The van der Waals surface area contributed by atoms with Gasteiger partial charge in [-0.2, -0.15) is 4.98 Å². The van der Waals surface area contributed by atoms with E-state index >= 15 is 0 Å². The van der Waals surface area contributed by atoms with E-state index in [-0.39, 0.29) is 17.3 Å². The minimum atomic E-state index is -0.543. The number of aromatic nitrogens is 3. The van der Waals surface area contributed by atoms with Crippen molar-refractivity contribution in [1.29, 1.82) is 0 Å². The monoisotopic (exact) mass is 503 g/mol. The number of methoxy groups -OCH3 is 1. The highest BCUT2D eigenvalue weighted by Crippen LogP contribution is 2.26. The highest BCUT2D eigenvalue weighted by Gasteiger charge is 2.16. The molecule has 3 aromatic carbocycles. The van der Waals surface area contributed by atoms with Crippen LogP contribution in [-0.4, -0.2) is 52.5 Å². The fraction of sp³-hybridized carbons (Fsp3) is 0.192. The van der Waals surface area contributed by atoms with E-state index in [1.165, 1.54) is 24.3 Å². The van der Waals surface area contributed by atoms with Gasteiger partial charge in [0.25, 0.3) is 11.6 Å². The normalized spacial score (nSPS) is 10.6. The molecule has 0 fully saturated rings. The first-order chi connectivity index (χ1) is 18.0. The Morgan fingerprint density at radius 3 is 2.49 bits per heavy atom. The quantitative estimate of drug-likeness (QED) is 0.180. The Kier molecular flexibility index (Phi) is 8.06. The van der Waals surface area contributed by atoms with Gasteiger partial charge in [0.15, 0.2) is 5.82 Å². The molecule has 1 aromatic heterocycles. The molecule has 0 unspecified atom stereocenters. The lowest BCUT2D eigenvalue weighted by molar-refractivity contribution is -0.384. The number of nitrogens with one attached hydrogen (secondary N) is 1. The summed E-state index contributed by atoms with van der Waals surface area (Å²) in [6.45, 7) is 3.22. The SMILES string of the molecule is CCOCCOc1nc(-c2ccc(OC)cc2)n(-c2ccc(NC(=O)c3cccc([N+](=O)[O-])c3)cc2)n1. The van der Waals surface area contributed by atoms with Gasteiger partial charge in [0, 0.05) is 35.6 Å². The minimum absolute atomic E-state index is 0.153. The van der Waals surface area contributed by atoms with Crippen LogP contribution in [0.4, 0.5) is 11.4 Å². The lowest BCUT2D eigenvalue weighted by Crippen LogP contribution is -2.12. The molecule has 0 aliphatic rings. The minimum Gasteiger partial charge on any atom is -0.497 e. The number of carbonyl (C=O) groups is 1. The fourth-order valence-corrected chi connectivity index (χ4v) is 3.45. The summed E-state index contributed by atoms with van der Waals surface area (Å²) >= 11 is 0. The van der Waals surface area contributed by atoms with Crippen LogP contribution in [0.2, 0.25) is 0 Å². The van der Waals surface area contributed by atoms with E-state index < -0.39 is 10.8 Å². The number of nitro benzene ring substituents is 1. The molecule has 0 saturated heterocycles. The molecule has 0 spiro atoms. The van der Waals surface area contributed by atoms with Crippen LogP contribution in [0.5, 0.6) is 11.8 Å². The topological polar surface area (TPSA) is 131 Å². The molecular weight excluding hydrogens is 478 g/mol. The number of hydrogen-bond donors (Lipinski definition) is 1. The molecule has 0 radical (unpaired) electrons. The molecule has 4 rings (SSSR count). The highest BCUT2D eigenvalue weighted by molar-refractivity contribution is 6.04. The number of non-ortho nitro benzene ring substituents is 1. The molecule has 190 valence electrons. The molecule has 0 aliphatic carbocycles. The van der Waals surface area contributed by atoms with Gasteiger partial charge in [-0.05, 0) is 61.5 Å². The van der Waals surface area contributed by atoms with Crippen molar-refractivity contribution >= 4 is 17.3 Å². The van der Waals surface area contributed by atoms with Gasteiger partial charge < -0.3 is 19.5 Å². The third-order valence-electron chi connectivity index (χ3n) is 5.29. The highest BCUT2D eigenvalue weighted by atomic mass is 16.6. The zero-order valence-corrected chi connectivity index (χ0v) is 20.3. The van der Waals surface area contributed by atoms with E-state index in [1.807, 2.05) is 31.2 Å². The number of anilines is 1. The third-order valence-corrected chi connectivity index (χ3v) is 5.29. The molecule has 1 amide bonds. The van der Waals surface area contributed by atoms with Crippen LogP contribution in [-0.2, 0) is 4.74 Å². The number of carbonyl (C=O) groups excluding carboxylic acids is 1. The summed E-state index contributed by atoms with van der Waals surface area (Å²) in [5, 5.41) is 18.3. The second-order valence-electron chi connectivity index (χ2n) is 7.71. The molecule has 0 aliphatic heterocycles. The number of amides is 1.